The fraction of sp³-hybridized carbons (Fsp3) is 0.533. The van der Waals surface area contributed by atoms with Crippen LogP contribution in [0.5, 0.6) is 0 Å². The zero-order valence-corrected chi connectivity index (χ0v) is 13.0. The second kappa shape index (κ2) is 6.24. The number of benzene rings is 1. The highest BCUT2D eigenvalue weighted by atomic mass is 79.9. The number of carbonyl (C=O) groups excluding carboxylic acids is 1. The van der Waals surface area contributed by atoms with E-state index in [-0.39, 0.29) is 10.7 Å². The van der Waals surface area contributed by atoms with Gasteiger partial charge in [-0.2, -0.15) is 0 Å². The number of carbonyl (C=O) groups is 1. The minimum atomic E-state index is 0.202. The molecule has 0 radical (unpaired) electrons. The molecule has 4 nitrogen and oxygen atoms in total. The number of morpholine rings is 1. The Morgan fingerprint density at radius 3 is 2.50 bits per heavy atom. The summed E-state index contributed by atoms with van der Waals surface area (Å²) < 4.78 is 5.36. The highest BCUT2D eigenvalue weighted by Crippen LogP contribution is 2.25. The molecular formula is C15H19BrN2O2. The molecule has 2 aliphatic rings. The quantitative estimate of drug-likeness (QED) is 0.790. The van der Waals surface area contributed by atoms with Crippen LogP contribution in [-0.2, 0) is 16.1 Å². The highest BCUT2D eigenvalue weighted by Gasteiger charge is 2.28. The lowest BCUT2D eigenvalue weighted by atomic mass is 10.2. The first-order valence-corrected chi connectivity index (χ1v) is 7.97. The first kappa shape index (κ1) is 14.0. The van der Waals surface area contributed by atoms with Crippen LogP contribution in [0.4, 0.5) is 5.69 Å². The van der Waals surface area contributed by atoms with Crippen molar-refractivity contribution in [1.29, 1.82) is 0 Å². The van der Waals surface area contributed by atoms with Gasteiger partial charge in [-0.1, -0.05) is 28.1 Å². The molecule has 0 spiro atoms. The molecule has 0 bridgehead atoms. The van der Waals surface area contributed by atoms with E-state index in [0.29, 0.717) is 6.42 Å². The molecule has 0 aromatic heterocycles. The Hall–Kier alpha value is -0.910. The summed E-state index contributed by atoms with van der Waals surface area (Å²) in [7, 11) is 0. The Bertz CT molecular complexity index is 471. The molecule has 3 rings (SSSR count). The van der Waals surface area contributed by atoms with Gasteiger partial charge in [0.15, 0.2) is 0 Å². The lowest BCUT2D eigenvalue weighted by Crippen LogP contribution is -2.35. The smallest absolute Gasteiger partial charge is 0.228 e. The van der Waals surface area contributed by atoms with Crippen molar-refractivity contribution < 1.29 is 9.53 Å². The number of nitrogens with zero attached hydrogens (tertiary/aromatic N) is 2. The van der Waals surface area contributed by atoms with E-state index in [0.717, 1.165) is 45.1 Å². The highest BCUT2D eigenvalue weighted by molar-refractivity contribution is 9.09. The minimum absolute atomic E-state index is 0.202. The summed E-state index contributed by atoms with van der Waals surface area (Å²) in [6.45, 7) is 5.37. The Morgan fingerprint density at radius 2 is 1.90 bits per heavy atom. The summed E-state index contributed by atoms with van der Waals surface area (Å²) >= 11 is 3.52. The van der Waals surface area contributed by atoms with Gasteiger partial charge >= 0.3 is 0 Å². The Labute approximate surface area is 127 Å². The van der Waals surface area contributed by atoms with Crippen LogP contribution in [-0.4, -0.2) is 48.5 Å². The third kappa shape index (κ3) is 3.22. The molecule has 2 aliphatic heterocycles. The van der Waals surface area contributed by atoms with E-state index in [9.17, 15) is 4.79 Å². The van der Waals surface area contributed by atoms with Gasteiger partial charge in [-0.3, -0.25) is 9.69 Å². The van der Waals surface area contributed by atoms with Gasteiger partial charge in [-0.25, -0.2) is 0 Å². The van der Waals surface area contributed by atoms with Crippen molar-refractivity contribution in [2.45, 2.75) is 17.8 Å². The molecule has 2 heterocycles. The molecule has 5 heteroatoms. The second-order valence-corrected chi connectivity index (χ2v) is 6.66. The van der Waals surface area contributed by atoms with Crippen molar-refractivity contribution in [3.63, 3.8) is 0 Å². The molecule has 1 unspecified atom stereocenters. The van der Waals surface area contributed by atoms with Crippen LogP contribution in [0.1, 0.15) is 12.0 Å². The zero-order valence-electron chi connectivity index (χ0n) is 11.4. The molecule has 108 valence electrons. The summed E-state index contributed by atoms with van der Waals surface area (Å²) in [5.74, 6) is 0.202. The topological polar surface area (TPSA) is 32.8 Å². The maximum Gasteiger partial charge on any atom is 0.228 e. The average Bonchev–Trinajstić information content (AvgIpc) is 2.80. The number of alkyl halides is 1. The van der Waals surface area contributed by atoms with Gasteiger partial charge in [-0.05, 0) is 17.7 Å². The summed E-state index contributed by atoms with van der Waals surface area (Å²) in [4.78, 5) is 16.4. The van der Waals surface area contributed by atoms with Crippen molar-refractivity contribution in [2.75, 3.05) is 37.7 Å². The number of anilines is 1. The van der Waals surface area contributed by atoms with Gasteiger partial charge in [0.1, 0.15) is 0 Å². The van der Waals surface area contributed by atoms with Crippen molar-refractivity contribution in [1.82, 2.24) is 4.90 Å². The normalized spacial score (nSPS) is 24.4. The maximum absolute atomic E-state index is 11.9. The zero-order chi connectivity index (χ0) is 13.9. The molecule has 2 fully saturated rings. The van der Waals surface area contributed by atoms with E-state index in [1.807, 2.05) is 4.90 Å². The van der Waals surface area contributed by atoms with Crippen LogP contribution in [0.25, 0.3) is 0 Å². The van der Waals surface area contributed by atoms with Crippen LogP contribution >= 0.6 is 15.9 Å². The van der Waals surface area contributed by atoms with Crippen molar-refractivity contribution in [3.8, 4) is 0 Å². The van der Waals surface area contributed by atoms with Crippen molar-refractivity contribution >= 4 is 27.5 Å². The molecule has 20 heavy (non-hydrogen) atoms. The number of amides is 1. The third-order valence-electron chi connectivity index (χ3n) is 3.84. The van der Waals surface area contributed by atoms with Crippen LogP contribution in [0.15, 0.2) is 24.3 Å². The summed E-state index contributed by atoms with van der Waals surface area (Å²) in [5, 5.41) is 0. The van der Waals surface area contributed by atoms with E-state index in [4.69, 9.17) is 4.74 Å². The lowest BCUT2D eigenvalue weighted by Gasteiger charge is -2.26. The van der Waals surface area contributed by atoms with Gasteiger partial charge < -0.3 is 9.64 Å². The van der Waals surface area contributed by atoms with Crippen LogP contribution in [0, 0.1) is 0 Å². The molecule has 1 aromatic carbocycles. The first-order chi connectivity index (χ1) is 9.72. The summed E-state index contributed by atoms with van der Waals surface area (Å²) in [6, 6.07) is 8.36. The Kier molecular flexibility index (Phi) is 4.38. The molecular weight excluding hydrogens is 320 g/mol. The largest absolute Gasteiger partial charge is 0.379 e. The molecule has 0 saturated carbocycles. The SMILES string of the molecule is O=C1CC(Br)CN1c1ccc(CN2CCOCC2)cc1. The Morgan fingerprint density at radius 1 is 1.20 bits per heavy atom. The molecule has 1 atom stereocenters. The van der Waals surface area contributed by atoms with Gasteiger partial charge in [0.25, 0.3) is 0 Å². The average molecular weight is 339 g/mol. The van der Waals surface area contributed by atoms with E-state index >= 15 is 0 Å². The van der Waals surface area contributed by atoms with Crippen molar-refractivity contribution in [3.05, 3.63) is 29.8 Å². The standard InChI is InChI=1S/C15H19BrN2O2/c16-13-9-15(19)18(11-13)14-3-1-12(2-4-14)10-17-5-7-20-8-6-17/h1-4,13H,5-11H2. The first-order valence-electron chi connectivity index (χ1n) is 7.06. The van der Waals surface area contributed by atoms with E-state index in [2.05, 4.69) is 45.1 Å². The number of hydrogen-bond acceptors (Lipinski definition) is 3. The number of hydrogen-bond donors (Lipinski definition) is 0. The summed E-state index contributed by atoms with van der Waals surface area (Å²) in [6.07, 6.45) is 0.593. The fourth-order valence-electron chi connectivity index (χ4n) is 2.71. The fourth-order valence-corrected chi connectivity index (χ4v) is 3.28. The number of ether oxygens (including phenoxy) is 1. The molecule has 1 aromatic rings. The predicted octanol–water partition coefficient (Wildman–Crippen LogP) is 2.02. The van der Waals surface area contributed by atoms with Gasteiger partial charge in [0, 0.05) is 43.1 Å². The van der Waals surface area contributed by atoms with Crippen molar-refractivity contribution in [2.24, 2.45) is 0 Å². The monoisotopic (exact) mass is 338 g/mol. The van der Waals surface area contributed by atoms with Crippen LogP contribution < -0.4 is 4.90 Å². The number of rotatable bonds is 3. The predicted molar refractivity (Wildman–Crippen MR) is 82.2 cm³/mol. The maximum atomic E-state index is 11.9. The molecule has 0 aliphatic carbocycles. The summed E-state index contributed by atoms with van der Waals surface area (Å²) in [5.41, 5.74) is 2.29. The van der Waals surface area contributed by atoms with Crippen LogP contribution in [0.2, 0.25) is 0 Å². The van der Waals surface area contributed by atoms with Gasteiger partial charge in [-0.15, -0.1) is 0 Å². The molecule has 0 N–H and O–H groups in total. The minimum Gasteiger partial charge on any atom is -0.379 e. The van der Waals surface area contributed by atoms with E-state index in [1.165, 1.54) is 5.56 Å². The second-order valence-electron chi connectivity index (χ2n) is 5.36. The van der Waals surface area contributed by atoms with E-state index < -0.39 is 0 Å². The number of halogens is 1. The van der Waals surface area contributed by atoms with Gasteiger partial charge in [0.05, 0.1) is 13.2 Å². The molecule has 2 saturated heterocycles. The van der Waals surface area contributed by atoms with E-state index in [1.54, 1.807) is 0 Å². The van der Waals surface area contributed by atoms with Gasteiger partial charge in [0.2, 0.25) is 5.91 Å². The third-order valence-corrected chi connectivity index (χ3v) is 4.45. The lowest BCUT2D eigenvalue weighted by molar-refractivity contribution is -0.117. The van der Waals surface area contributed by atoms with Crippen LogP contribution in [0.3, 0.4) is 0 Å². The Balaban J connectivity index is 1.63. The molecule has 1 amide bonds.